The van der Waals surface area contributed by atoms with Gasteiger partial charge in [-0.15, -0.1) is 22.7 Å². The van der Waals surface area contributed by atoms with E-state index < -0.39 is 10.0 Å². The molecule has 0 aliphatic carbocycles. The maximum absolute atomic E-state index is 14.3. The van der Waals surface area contributed by atoms with E-state index in [0.717, 1.165) is 81.6 Å². The van der Waals surface area contributed by atoms with Crippen molar-refractivity contribution in [2.75, 3.05) is 5.32 Å². The van der Waals surface area contributed by atoms with Gasteiger partial charge in [-0.3, -0.25) is 9.59 Å². The Morgan fingerprint density at radius 1 is 0.545 bits per heavy atom. The number of aromatic amines is 1. The largest absolute Gasteiger partial charge is 2.00 e. The number of hydrogen-bond donors (Lipinski definition) is 3. The number of aryl methyl sites for hydroxylation is 7. The third kappa shape index (κ3) is 11.3. The summed E-state index contributed by atoms with van der Waals surface area (Å²) in [6.45, 7) is 14.0. The van der Waals surface area contributed by atoms with Gasteiger partial charge in [0.15, 0.2) is 5.84 Å². The maximum atomic E-state index is 14.3. The third-order valence-corrected chi connectivity index (χ3v) is 16.0. The van der Waals surface area contributed by atoms with E-state index in [1.165, 1.54) is 23.5 Å². The van der Waals surface area contributed by atoms with Crippen LogP contribution in [0.2, 0.25) is 0 Å². The Kier molecular flexibility index (Phi) is 15.7. The molecule has 0 saturated heterocycles. The van der Waals surface area contributed by atoms with Gasteiger partial charge in [0.25, 0.3) is 11.8 Å². The van der Waals surface area contributed by atoms with Gasteiger partial charge < -0.3 is 20.8 Å². The molecule has 0 bridgehead atoms. The van der Waals surface area contributed by atoms with Crippen LogP contribution in [0.5, 0.6) is 0 Å². The van der Waals surface area contributed by atoms with Gasteiger partial charge in [-0.1, -0.05) is 126 Å². The number of amides is 2. The van der Waals surface area contributed by atoms with Crippen molar-refractivity contribution in [1.29, 1.82) is 0 Å². The van der Waals surface area contributed by atoms with Gasteiger partial charge in [0.1, 0.15) is 27.5 Å². The molecular formula is C61H51N8O4S3Zn+. The summed E-state index contributed by atoms with van der Waals surface area (Å²) in [5, 5.41) is 14.6. The molecule has 1 aliphatic rings. The van der Waals surface area contributed by atoms with Gasteiger partial charge in [0.2, 0.25) is 0 Å². The fourth-order valence-electron chi connectivity index (χ4n) is 9.20. The number of rotatable bonds is 9. The van der Waals surface area contributed by atoms with Crippen molar-refractivity contribution in [2.45, 2.75) is 53.4 Å². The fraction of sp³-hybridized carbons (Fsp3) is 0.115. The zero-order valence-corrected chi connectivity index (χ0v) is 48.8. The van der Waals surface area contributed by atoms with Crippen LogP contribution in [0.25, 0.3) is 58.4 Å². The molecule has 0 fully saturated rings. The molecule has 1 aliphatic heterocycles. The van der Waals surface area contributed by atoms with Crippen LogP contribution in [0, 0.1) is 48.5 Å². The quantitative estimate of drug-likeness (QED) is 0.121. The molecule has 3 aromatic heterocycles. The molecule has 0 unspecified atom stereocenters. The van der Waals surface area contributed by atoms with E-state index in [1.807, 2.05) is 112 Å². The summed E-state index contributed by atoms with van der Waals surface area (Å²) in [6.07, 6.45) is 0. The van der Waals surface area contributed by atoms with Gasteiger partial charge in [0.05, 0.1) is 41.6 Å². The van der Waals surface area contributed by atoms with Crippen LogP contribution in [-0.4, -0.2) is 46.9 Å². The van der Waals surface area contributed by atoms with Crippen molar-refractivity contribution in [3.05, 3.63) is 224 Å². The topological polar surface area (TPSA) is 182 Å². The standard InChI is InChI=1S/C54H43N7O2S2.C7H8NO2S.Zn/c1-29-23-25-35(33(5)27-29)43-45(53-55-39-19-11-13-21-41(39)64-53)49(60-51(62)37-17-9-7-15-31(37)3)58-47(43)57-48-44(36-26-24-30(2)28-34(36)6)46(54-56-40-20-12-14-22-42(40)65-54)50(59-48)61-52(63)38-18-10-8-16-32(38)4;1-6-2-4-7(5-3-6)11(8,9)10;/h7-28,58H,1-6H3,(H,60,62)(H,57,59,61,63);2-5H,1H3,(H-,8,9,10);/q;-1;+2. The van der Waals surface area contributed by atoms with Crippen molar-refractivity contribution in [3.63, 3.8) is 0 Å². The number of thiazole rings is 2. The molecule has 11 rings (SSSR count). The van der Waals surface area contributed by atoms with Gasteiger partial charge in [0, 0.05) is 27.2 Å². The summed E-state index contributed by atoms with van der Waals surface area (Å²) in [6, 6.07) is 49.9. The molecule has 16 heteroatoms. The number of hydrogen-bond acceptors (Lipinski definition) is 9. The smallest absolute Gasteiger partial charge is 0.560 e. The molecule has 2 amide bonds. The van der Waals surface area contributed by atoms with E-state index >= 15 is 0 Å². The molecule has 0 saturated carbocycles. The summed E-state index contributed by atoms with van der Waals surface area (Å²) < 4.78 is 23.2. The zero-order chi connectivity index (χ0) is 53.4. The molecule has 4 N–H and O–H groups in total. The number of benzene rings is 7. The molecular weight excluding hydrogens is 1070 g/mol. The number of H-pyrrole nitrogens is 1. The Labute approximate surface area is 467 Å². The Bertz CT molecular complexity index is 4100. The van der Waals surface area contributed by atoms with Crippen LogP contribution in [0.3, 0.4) is 0 Å². The van der Waals surface area contributed by atoms with Gasteiger partial charge in [-0.2, -0.15) is 0 Å². The minimum atomic E-state index is -3.77. The van der Waals surface area contributed by atoms with E-state index in [2.05, 4.69) is 85.8 Å². The number of amidine groups is 2. The number of nitrogens with one attached hydrogen (secondary N) is 4. The van der Waals surface area contributed by atoms with E-state index in [9.17, 15) is 18.0 Å². The number of para-hydroxylation sites is 2. The zero-order valence-electron chi connectivity index (χ0n) is 43.4. The Morgan fingerprint density at radius 2 is 1.04 bits per heavy atom. The summed E-state index contributed by atoms with van der Waals surface area (Å²) in [5.74, 6) is 1.05. The predicted molar refractivity (Wildman–Crippen MR) is 312 cm³/mol. The molecule has 10 aromatic rings. The number of carbonyl (C=O) groups is 2. The van der Waals surface area contributed by atoms with Gasteiger partial charge >= 0.3 is 19.5 Å². The van der Waals surface area contributed by atoms with Crippen LogP contribution in [-0.2, 0) is 29.5 Å². The number of nitrogens with zero attached hydrogens (tertiary/aromatic N) is 4. The van der Waals surface area contributed by atoms with Gasteiger partial charge in [-0.05, 0) is 130 Å². The van der Waals surface area contributed by atoms with Crippen molar-refractivity contribution in [2.24, 2.45) is 9.98 Å². The second-order valence-electron chi connectivity index (χ2n) is 18.7. The predicted octanol–water partition coefficient (Wildman–Crippen LogP) is 14.9. The summed E-state index contributed by atoms with van der Waals surface area (Å²) in [5.41, 5.74) is 14.3. The SMILES string of the molecule is Cc1ccc(C2=C(c3nc4ccccc4s3)C(NC(=O)c3ccccc3C)=N/C2=N\c2[nH]c(NC(=O)c3ccccc3C)c(-c3nc4ccccc4s3)c2-c2ccc(C)cc2C)c(C)c1.Cc1ccc(S([NH-])(=O)=O)cc1.[Zn+2]. The number of carbonyl (C=O) groups excluding carboxylic acids is 2. The number of fused-ring (bicyclic) bond motifs is 2. The maximum Gasteiger partial charge on any atom is 2.00 e. The van der Waals surface area contributed by atoms with Crippen molar-refractivity contribution < 1.29 is 37.5 Å². The number of aliphatic imine (C=N–C) groups is 2. The molecule has 0 atom stereocenters. The molecule has 77 heavy (non-hydrogen) atoms. The molecule has 4 heterocycles. The van der Waals surface area contributed by atoms with Crippen molar-refractivity contribution >= 4 is 99.4 Å². The first kappa shape index (κ1) is 54.0. The van der Waals surface area contributed by atoms with E-state index in [1.54, 1.807) is 23.5 Å². The average molecular weight is 1120 g/mol. The Balaban J connectivity index is 0.000000538. The number of aromatic nitrogens is 3. The minimum absolute atomic E-state index is 0. The first-order valence-electron chi connectivity index (χ1n) is 24.4. The fourth-order valence-corrected chi connectivity index (χ4v) is 11.7. The number of sulfonamides is 1. The Morgan fingerprint density at radius 3 is 1.58 bits per heavy atom. The molecule has 0 radical (unpaired) electrons. The summed E-state index contributed by atoms with van der Waals surface area (Å²) in [4.78, 5) is 53.3. The van der Waals surface area contributed by atoms with Crippen LogP contribution >= 0.6 is 22.7 Å². The first-order chi connectivity index (χ1) is 36.5. The van der Waals surface area contributed by atoms with E-state index in [4.69, 9.17) is 25.1 Å². The average Bonchev–Trinajstić information content (AvgIpc) is 4.21. The molecule has 378 valence electrons. The third-order valence-electron chi connectivity index (χ3n) is 13.0. The van der Waals surface area contributed by atoms with Crippen LogP contribution in [0.15, 0.2) is 173 Å². The molecule has 0 spiro atoms. The summed E-state index contributed by atoms with van der Waals surface area (Å²) >= 11 is 3.09. The minimum Gasteiger partial charge on any atom is -0.560 e. The van der Waals surface area contributed by atoms with E-state index in [-0.39, 0.29) is 36.2 Å². The Hall–Kier alpha value is -7.85. The number of anilines is 1. The van der Waals surface area contributed by atoms with Crippen LogP contribution in [0.4, 0.5) is 11.6 Å². The summed E-state index contributed by atoms with van der Waals surface area (Å²) in [7, 11) is -3.77. The van der Waals surface area contributed by atoms with Crippen LogP contribution in [0.1, 0.15) is 70.2 Å². The van der Waals surface area contributed by atoms with Gasteiger partial charge in [-0.25, -0.2) is 28.4 Å². The first-order valence-corrected chi connectivity index (χ1v) is 27.5. The van der Waals surface area contributed by atoms with Crippen LogP contribution < -0.4 is 10.6 Å². The molecule has 7 aromatic carbocycles. The van der Waals surface area contributed by atoms with Crippen molar-refractivity contribution in [1.82, 2.24) is 20.3 Å². The van der Waals surface area contributed by atoms with Crippen molar-refractivity contribution in [3.8, 4) is 21.7 Å². The second kappa shape index (κ2) is 22.4. The molecule has 12 nitrogen and oxygen atoms in total. The monoisotopic (exact) mass is 1120 g/mol. The second-order valence-corrected chi connectivity index (χ2v) is 22.2. The normalized spacial score (nSPS) is 12.8. The van der Waals surface area contributed by atoms with E-state index in [0.29, 0.717) is 55.6 Å².